The molecule has 12 nitrogen and oxygen atoms in total. The second-order valence-corrected chi connectivity index (χ2v) is 6.32. The molecule has 2 heterocycles. The number of aryl methyl sites for hydroxylation is 1. The largest absolute Gasteiger partial charge is 0.513 e. The van der Waals surface area contributed by atoms with Crippen LogP contribution in [0.3, 0.4) is 0 Å². The Bertz CT molecular complexity index is 1030. The minimum Gasteiger partial charge on any atom is -0.431 e. The minimum absolute atomic E-state index is 0.0432. The lowest BCUT2D eigenvalue weighted by atomic mass is 10.2. The van der Waals surface area contributed by atoms with Crippen LogP contribution in [0.4, 0.5) is 10.5 Å². The van der Waals surface area contributed by atoms with Crippen LogP contribution in [-0.4, -0.2) is 44.6 Å². The molecular formula is C17H17N3O9. The van der Waals surface area contributed by atoms with Gasteiger partial charge in [-0.2, -0.15) is 0 Å². The molecule has 1 aromatic heterocycles. The highest BCUT2D eigenvalue weighted by atomic mass is 16.7. The molecule has 0 amide bonds. The number of rotatable bonds is 5. The Morgan fingerprint density at radius 3 is 2.72 bits per heavy atom. The molecule has 1 unspecified atom stereocenters. The summed E-state index contributed by atoms with van der Waals surface area (Å²) in [4.78, 5) is 47.3. The van der Waals surface area contributed by atoms with E-state index in [9.17, 15) is 29.6 Å². The Morgan fingerprint density at radius 2 is 2.07 bits per heavy atom. The van der Waals surface area contributed by atoms with Gasteiger partial charge < -0.3 is 19.3 Å². The zero-order valence-electron chi connectivity index (χ0n) is 15.1. The topological polar surface area (TPSA) is 163 Å². The van der Waals surface area contributed by atoms with Crippen LogP contribution in [-0.2, 0) is 9.47 Å². The second kappa shape index (κ2) is 8.24. The number of benzene rings is 1. The lowest BCUT2D eigenvalue weighted by molar-refractivity contribution is -0.384. The van der Waals surface area contributed by atoms with Crippen LogP contribution in [0.5, 0.6) is 5.75 Å². The van der Waals surface area contributed by atoms with Crippen LogP contribution in [0.15, 0.2) is 40.1 Å². The van der Waals surface area contributed by atoms with Crippen molar-refractivity contribution in [1.29, 1.82) is 0 Å². The van der Waals surface area contributed by atoms with E-state index in [4.69, 9.17) is 14.2 Å². The third-order valence-corrected chi connectivity index (χ3v) is 4.27. The van der Waals surface area contributed by atoms with Gasteiger partial charge in [-0.15, -0.1) is 0 Å². The predicted octanol–water partition coefficient (Wildman–Crippen LogP) is 0.617. The summed E-state index contributed by atoms with van der Waals surface area (Å²) in [5.41, 5.74) is -1.06. The van der Waals surface area contributed by atoms with E-state index < -0.39 is 40.8 Å². The Labute approximate surface area is 162 Å². The number of nitro groups is 1. The molecule has 1 aliphatic rings. The number of aromatic nitrogens is 2. The van der Waals surface area contributed by atoms with Gasteiger partial charge in [0.1, 0.15) is 24.7 Å². The van der Waals surface area contributed by atoms with Crippen LogP contribution in [0.2, 0.25) is 0 Å². The fourth-order valence-corrected chi connectivity index (χ4v) is 2.75. The number of hydrogen-bond donors (Lipinski definition) is 2. The number of non-ortho nitro benzene ring substituents is 1. The average Bonchev–Trinajstić information content (AvgIpc) is 3.04. The van der Waals surface area contributed by atoms with Crippen molar-refractivity contribution in [2.75, 3.05) is 6.61 Å². The smallest absolute Gasteiger partial charge is 0.431 e. The molecule has 0 bridgehead atoms. The first-order chi connectivity index (χ1) is 13.7. The molecule has 0 saturated carbocycles. The third-order valence-electron chi connectivity index (χ3n) is 4.27. The van der Waals surface area contributed by atoms with Crippen LogP contribution < -0.4 is 16.0 Å². The average molecular weight is 407 g/mol. The monoisotopic (exact) mass is 407 g/mol. The molecular weight excluding hydrogens is 390 g/mol. The molecule has 1 saturated heterocycles. The lowest BCUT2D eigenvalue weighted by Crippen LogP contribution is -2.33. The summed E-state index contributed by atoms with van der Waals surface area (Å²) in [6.45, 7) is 1.18. The number of nitrogens with one attached hydrogen (secondary N) is 1. The maximum Gasteiger partial charge on any atom is 0.513 e. The molecule has 0 radical (unpaired) electrons. The highest BCUT2D eigenvalue weighted by molar-refractivity contribution is 5.64. The zero-order valence-corrected chi connectivity index (χ0v) is 15.1. The van der Waals surface area contributed by atoms with Crippen molar-refractivity contribution in [1.82, 2.24) is 9.55 Å². The molecule has 0 aliphatic carbocycles. The SMILES string of the molecule is Cc1cn([C@H]2CC(O)[C@@H](COC(=O)Oc3ccc([N+](=O)[O-])cc3)O2)c(=O)[nH]c1=O. The summed E-state index contributed by atoms with van der Waals surface area (Å²) in [7, 11) is 0. The summed E-state index contributed by atoms with van der Waals surface area (Å²) >= 11 is 0. The Morgan fingerprint density at radius 1 is 1.38 bits per heavy atom. The van der Waals surface area contributed by atoms with E-state index in [0.29, 0.717) is 5.56 Å². The van der Waals surface area contributed by atoms with Crippen molar-refractivity contribution in [3.63, 3.8) is 0 Å². The second-order valence-electron chi connectivity index (χ2n) is 6.32. The van der Waals surface area contributed by atoms with Gasteiger partial charge in [0.15, 0.2) is 0 Å². The van der Waals surface area contributed by atoms with Crippen molar-refractivity contribution in [3.05, 3.63) is 67.0 Å². The van der Waals surface area contributed by atoms with Gasteiger partial charge >= 0.3 is 11.8 Å². The number of aromatic amines is 1. The quantitative estimate of drug-likeness (QED) is 0.313. The highest BCUT2D eigenvalue weighted by Crippen LogP contribution is 2.28. The fraction of sp³-hybridized carbons (Fsp3) is 0.353. The van der Waals surface area contributed by atoms with Gasteiger partial charge in [-0.3, -0.25) is 24.5 Å². The predicted molar refractivity (Wildman–Crippen MR) is 95.7 cm³/mol. The molecule has 1 aromatic carbocycles. The Kier molecular flexibility index (Phi) is 5.75. The van der Waals surface area contributed by atoms with Gasteiger partial charge in [-0.05, 0) is 19.1 Å². The first-order valence-electron chi connectivity index (χ1n) is 8.49. The van der Waals surface area contributed by atoms with Gasteiger partial charge in [0.2, 0.25) is 0 Å². The van der Waals surface area contributed by atoms with Gasteiger partial charge in [0.25, 0.3) is 11.2 Å². The Balaban J connectivity index is 1.56. The van der Waals surface area contributed by atoms with E-state index in [-0.39, 0.29) is 24.5 Å². The van der Waals surface area contributed by atoms with Crippen LogP contribution in [0, 0.1) is 17.0 Å². The molecule has 2 N–H and O–H groups in total. The highest BCUT2D eigenvalue weighted by Gasteiger charge is 2.36. The van der Waals surface area contributed by atoms with E-state index in [1.165, 1.54) is 37.4 Å². The number of H-pyrrole nitrogens is 1. The standard InChI is InChI=1S/C17H17N3O9/c1-9-7-19(16(23)18-15(9)22)14-6-12(21)13(29-14)8-27-17(24)28-11-4-2-10(3-5-11)20(25)26/h2-5,7,12-14,21H,6,8H2,1H3,(H,18,22,23)/t12?,13-,14-/m1/s1. The number of carbonyl (C=O) groups excluding carboxylic acids is 1. The fourth-order valence-electron chi connectivity index (χ4n) is 2.75. The molecule has 29 heavy (non-hydrogen) atoms. The van der Waals surface area contributed by atoms with Crippen LogP contribution in [0.1, 0.15) is 18.2 Å². The van der Waals surface area contributed by atoms with E-state index in [2.05, 4.69) is 4.98 Å². The first kappa shape index (κ1) is 20.2. The maximum absolute atomic E-state index is 11.9. The number of nitro benzene ring substituents is 1. The number of hydrogen-bond acceptors (Lipinski definition) is 9. The third kappa shape index (κ3) is 4.67. The molecule has 3 rings (SSSR count). The van der Waals surface area contributed by atoms with Crippen molar-refractivity contribution in [2.24, 2.45) is 0 Å². The van der Waals surface area contributed by atoms with Crippen molar-refractivity contribution < 1.29 is 29.0 Å². The van der Waals surface area contributed by atoms with Crippen molar-refractivity contribution in [2.45, 2.75) is 31.8 Å². The molecule has 1 fully saturated rings. The van der Waals surface area contributed by atoms with E-state index >= 15 is 0 Å². The molecule has 12 heteroatoms. The molecule has 2 aromatic rings. The summed E-state index contributed by atoms with van der Waals surface area (Å²) in [5.74, 6) is 0.0432. The van der Waals surface area contributed by atoms with Crippen LogP contribution >= 0.6 is 0 Å². The number of aliphatic hydroxyl groups excluding tert-OH is 1. The van der Waals surface area contributed by atoms with E-state index in [1.807, 2.05) is 0 Å². The molecule has 154 valence electrons. The molecule has 0 spiro atoms. The van der Waals surface area contributed by atoms with E-state index in [1.54, 1.807) is 0 Å². The summed E-state index contributed by atoms with van der Waals surface area (Å²) < 4.78 is 16.5. The maximum atomic E-state index is 11.9. The van der Waals surface area contributed by atoms with E-state index in [0.717, 1.165) is 4.57 Å². The number of ether oxygens (including phenoxy) is 3. The zero-order chi connectivity index (χ0) is 21.1. The summed E-state index contributed by atoms with van der Waals surface area (Å²) in [6.07, 6.45) is -2.49. The number of nitrogens with zero attached hydrogens (tertiary/aromatic N) is 2. The van der Waals surface area contributed by atoms with Gasteiger partial charge in [0, 0.05) is 30.3 Å². The summed E-state index contributed by atoms with van der Waals surface area (Å²) in [6, 6.07) is 4.81. The minimum atomic E-state index is -1.09. The van der Waals surface area contributed by atoms with Gasteiger partial charge in [-0.25, -0.2) is 9.59 Å². The number of carbonyl (C=O) groups is 1. The first-order valence-corrected chi connectivity index (χ1v) is 8.49. The number of aliphatic hydroxyl groups is 1. The lowest BCUT2D eigenvalue weighted by Gasteiger charge is -2.16. The summed E-state index contributed by atoms with van der Waals surface area (Å²) in [5, 5.41) is 20.7. The van der Waals surface area contributed by atoms with Gasteiger partial charge in [0.05, 0.1) is 11.0 Å². The van der Waals surface area contributed by atoms with Gasteiger partial charge in [-0.1, -0.05) is 0 Å². The van der Waals surface area contributed by atoms with Crippen LogP contribution in [0.25, 0.3) is 0 Å². The molecule has 1 aliphatic heterocycles. The van der Waals surface area contributed by atoms with Crippen molar-refractivity contribution >= 4 is 11.8 Å². The van der Waals surface area contributed by atoms with Crippen molar-refractivity contribution in [3.8, 4) is 5.75 Å². The Hall–Kier alpha value is -3.51. The normalized spacial score (nSPS) is 21.0. The molecule has 3 atom stereocenters.